The molecule has 1 aromatic rings. The Hall–Kier alpha value is -0.250. The quantitative estimate of drug-likeness (QED) is 0.557. The standard InChI is InChI=1S/C13H21N.HI/c1-3-5-9-12-14(4-2)13-10-7-6-8-11-13;/h6-8,10-11H,3-5,9,12H2,1-2H3;1H. The first-order valence-corrected chi connectivity index (χ1v) is 5.68. The maximum Gasteiger partial charge on any atom is 0.0366 e. The lowest BCUT2D eigenvalue weighted by Gasteiger charge is -2.22. The zero-order chi connectivity index (χ0) is 10.2. The molecule has 15 heavy (non-hydrogen) atoms. The van der Waals surface area contributed by atoms with Crippen LogP contribution in [0.3, 0.4) is 0 Å². The number of nitrogens with zero attached hydrogens (tertiary/aromatic N) is 1. The van der Waals surface area contributed by atoms with Gasteiger partial charge in [0, 0.05) is 18.8 Å². The molecular weight excluding hydrogens is 297 g/mol. The fourth-order valence-electron chi connectivity index (χ4n) is 1.66. The van der Waals surface area contributed by atoms with Crippen LogP contribution in [-0.4, -0.2) is 13.1 Å². The highest BCUT2D eigenvalue weighted by molar-refractivity contribution is 14.0. The van der Waals surface area contributed by atoms with Gasteiger partial charge in [-0.3, -0.25) is 0 Å². The molecule has 1 aromatic carbocycles. The Balaban J connectivity index is 0.00000196. The summed E-state index contributed by atoms with van der Waals surface area (Å²) in [6.45, 7) is 6.76. The molecule has 0 aromatic heterocycles. The molecule has 0 bridgehead atoms. The summed E-state index contributed by atoms with van der Waals surface area (Å²) in [5, 5.41) is 0. The Morgan fingerprint density at radius 3 is 2.20 bits per heavy atom. The molecule has 0 saturated heterocycles. The van der Waals surface area contributed by atoms with Crippen molar-refractivity contribution < 1.29 is 0 Å². The van der Waals surface area contributed by atoms with Gasteiger partial charge in [-0.25, -0.2) is 0 Å². The van der Waals surface area contributed by atoms with Crippen LogP contribution in [0.15, 0.2) is 30.3 Å². The third-order valence-corrected chi connectivity index (χ3v) is 2.53. The van der Waals surface area contributed by atoms with Gasteiger partial charge >= 0.3 is 0 Å². The molecule has 0 radical (unpaired) electrons. The fraction of sp³-hybridized carbons (Fsp3) is 0.538. The van der Waals surface area contributed by atoms with Crippen molar-refractivity contribution in [1.29, 1.82) is 0 Å². The van der Waals surface area contributed by atoms with Gasteiger partial charge in [0.1, 0.15) is 0 Å². The van der Waals surface area contributed by atoms with Gasteiger partial charge in [-0.1, -0.05) is 38.0 Å². The fourth-order valence-corrected chi connectivity index (χ4v) is 1.66. The van der Waals surface area contributed by atoms with Crippen LogP contribution in [0, 0.1) is 0 Å². The number of benzene rings is 1. The number of hydrogen-bond donors (Lipinski definition) is 0. The number of anilines is 1. The summed E-state index contributed by atoms with van der Waals surface area (Å²) in [6, 6.07) is 10.7. The van der Waals surface area contributed by atoms with Crippen molar-refractivity contribution in [2.45, 2.75) is 33.1 Å². The molecule has 0 unspecified atom stereocenters. The average molecular weight is 319 g/mol. The molecule has 0 spiro atoms. The van der Waals surface area contributed by atoms with E-state index in [-0.39, 0.29) is 24.0 Å². The second kappa shape index (κ2) is 9.01. The number of unbranched alkanes of at least 4 members (excludes halogenated alkanes) is 2. The lowest BCUT2D eigenvalue weighted by atomic mass is 10.2. The van der Waals surface area contributed by atoms with E-state index in [4.69, 9.17) is 0 Å². The molecule has 2 heteroatoms. The highest BCUT2D eigenvalue weighted by Gasteiger charge is 2.01. The molecule has 0 atom stereocenters. The number of hydrogen-bond acceptors (Lipinski definition) is 1. The Morgan fingerprint density at radius 2 is 1.67 bits per heavy atom. The van der Waals surface area contributed by atoms with Crippen molar-refractivity contribution in [3.8, 4) is 0 Å². The summed E-state index contributed by atoms with van der Waals surface area (Å²) in [7, 11) is 0. The summed E-state index contributed by atoms with van der Waals surface area (Å²) < 4.78 is 0. The summed E-state index contributed by atoms with van der Waals surface area (Å²) in [5.41, 5.74) is 1.35. The molecule has 0 aliphatic rings. The van der Waals surface area contributed by atoms with Gasteiger partial charge in [0.25, 0.3) is 0 Å². The van der Waals surface area contributed by atoms with E-state index in [0.29, 0.717) is 0 Å². The lowest BCUT2D eigenvalue weighted by Crippen LogP contribution is -2.23. The Morgan fingerprint density at radius 1 is 1.00 bits per heavy atom. The molecule has 0 aliphatic carbocycles. The van der Waals surface area contributed by atoms with Crippen LogP contribution in [0.4, 0.5) is 5.69 Å². The SMILES string of the molecule is CCCCCN(CC)c1ccccc1.I. The smallest absolute Gasteiger partial charge is 0.0366 e. The second-order valence-electron chi connectivity index (χ2n) is 3.62. The molecule has 0 amide bonds. The average Bonchev–Trinajstić information content (AvgIpc) is 2.26. The maximum absolute atomic E-state index is 2.44. The zero-order valence-electron chi connectivity index (χ0n) is 9.78. The summed E-state index contributed by atoms with van der Waals surface area (Å²) >= 11 is 0. The highest BCUT2D eigenvalue weighted by Crippen LogP contribution is 2.13. The Bertz CT molecular complexity index is 236. The van der Waals surface area contributed by atoms with Crippen LogP contribution in [0.2, 0.25) is 0 Å². The van der Waals surface area contributed by atoms with Crippen LogP contribution in [0.5, 0.6) is 0 Å². The Labute approximate surface area is 111 Å². The van der Waals surface area contributed by atoms with Gasteiger partial charge in [-0.15, -0.1) is 24.0 Å². The first-order valence-electron chi connectivity index (χ1n) is 5.68. The van der Waals surface area contributed by atoms with E-state index in [9.17, 15) is 0 Å². The second-order valence-corrected chi connectivity index (χ2v) is 3.62. The van der Waals surface area contributed by atoms with E-state index in [2.05, 4.69) is 49.1 Å². The third kappa shape index (κ3) is 5.40. The van der Waals surface area contributed by atoms with Crippen LogP contribution in [0.25, 0.3) is 0 Å². The molecule has 86 valence electrons. The van der Waals surface area contributed by atoms with Gasteiger partial charge < -0.3 is 4.90 Å². The summed E-state index contributed by atoms with van der Waals surface area (Å²) in [5.74, 6) is 0. The van der Waals surface area contributed by atoms with Crippen LogP contribution in [-0.2, 0) is 0 Å². The van der Waals surface area contributed by atoms with Gasteiger partial charge in [-0.2, -0.15) is 0 Å². The largest absolute Gasteiger partial charge is 0.372 e. The van der Waals surface area contributed by atoms with E-state index in [1.807, 2.05) is 0 Å². The molecule has 0 heterocycles. The number of halogens is 1. The van der Waals surface area contributed by atoms with E-state index < -0.39 is 0 Å². The van der Waals surface area contributed by atoms with Crippen molar-refractivity contribution in [2.75, 3.05) is 18.0 Å². The molecule has 0 fully saturated rings. The van der Waals surface area contributed by atoms with Gasteiger partial charge in [0.2, 0.25) is 0 Å². The van der Waals surface area contributed by atoms with E-state index in [1.165, 1.54) is 31.5 Å². The van der Waals surface area contributed by atoms with Crippen molar-refractivity contribution in [2.24, 2.45) is 0 Å². The highest BCUT2D eigenvalue weighted by atomic mass is 127. The summed E-state index contributed by atoms with van der Waals surface area (Å²) in [4.78, 5) is 2.44. The van der Waals surface area contributed by atoms with E-state index in [1.54, 1.807) is 0 Å². The molecule has 1 nitrogen and oxygen atoms in total. The zero-order valence-corrected chi connectivity index (χ0v) is 12.1. The first kappa shape index (κ1) is 14.8. The van der Waals surface area contributed by atoms with Crippen LogP contribution < -0.4 is 4.90 Å². The first-order chi connectivity index (χ1) is 6.88. The molecule has 0 saturated carbocycles. The van der Waals surface area contributed by atoms with Crippen molar-refractivity contribution >= 4 is 29.7 Å². The van der Waals surface area contributed by atoms with E-state index >= 15 is 0 Å². The third-order valence-electron chi connectivity index (χ3n) is 2.53. The minimum atomic E-state index is 0. The molecule has 0 N–H and O–H groups in total. The molecule has 0 aliphatic heterocycles. The van der Waals surface area contributed by atoms with Gasteiger partial charge in [0.05, 0.1) is 0 Å². The predicted molar refractivity (Wildman–Crippen MR) is 79.3 cm³/mol. The topological polar surface area (TPSA) is 3.24 Å². The monoisotopic (exact) mass is 319 g/mol. The normalized spacial score (nSPS) is 9.47. The van der Waals surface area contributed by atoms with Crippen LogP contribution >= 0.6 is 24.0 Å². The minimum Gasteiger partial charge on any atom is -0.372 e. The maximum atomic E-state index is 2.44. The van der Waals surface area contributed by atoms with Gasteiger partial charge in [0.15, 0.2) is 0 Å². The van der Waals surface area contributed by atoms with Crippen LogP contribution in [0.1, 0.15) is 33.1 Å². The van der Waals surface area contributed by atoms with Crippen molar-refractivity contribution in [1.82, 2.24) is 0 Å². The van der Waals surface area contributed by atoms with E-state index in [0.717, 1.165) is 6.54 Å². The lowest BCUT2D eigenvalue weighted by molar-refractivity contribution is 0.685. The number of para-hydroxylation sites is 1. The van der Waals surface area contributed by atoms with Crippen molar-refractivity contribution in [3.63, 3.8) is 0 Å². The minimum absolute atomic E-state index is 0. The summed E-state index contributed by atoms with van der Waals surface area (Å²) in [6.07, 6.45) is 3.94. The predicted octanol–water partition coefficient (Wildman–Crippen LogP) is 4.32. The Kier molecular flexibility index (Phi) is 8.86. The number of rotatable bonds is 6. The molecular formula is C13H22IN. The molecule has 1 rings (SSSR count). The van der Waals surface area contributed by atoms with Crippen molar-refractivity contribution in [3.05, 3.63) is 30.3 Å². The van der Waals surface area contributed by atoms with Gasteiger partial charge in [-0.05, 0) is 25.5 Å².